The van der Waals surface area contributed by atoms with Crippen LogP contribution >= 0.6 is 0 Å². The van der Waals surface area contributed by atoms with Gasteiger partial charge in [0.15, 0.2) is 11.6 Å². The van der Waals surface area contributed by atoms with E-state index in [1.807, 2.05) is 6.92 Å². The van der Waals surface area contributed by atoms with E-state index < -0.39 is 11.6 Å². The fourth-order valence-electron chi connectivity index (χ4n) is 2.05. The van der Waals surface area contributed by atoms with E-state index in [1.54, 1.807) is 12.1 Å². The number of nitrogens with one attached hydrogen (secondary N) is 1. The maximum Gasteiger partial charge on any atom is 0.162 e. The van der Waals surface area contributed by atoms with Crippen LogP contribution in [0.4, 0.5) is 8.78 Å². The number of halogens is 2. The Labute approximate surface area is 102 Å². The first kappa shape index (κ1) is 14.1. The van der Waals surface area contributed by atoms with Crippen molar-refractivity contribution in [3.63, 3.8) is 0 Å². The summed E-state index contributed by atoms with van der Waals surface area (Å²) < 4.78 is 26.6. The molecule has 17 heavy (non-hydrogen) atoms. The lowest BCUT2D eigenvalue weighted by Crippen LogP contribution is -2.24. The van der Waals surface area contributed by atoms with E-state index in [1.165, 1.54) is 0 Å². The minimum atomic E-state index is -0.749. The second-order valence-corrected chi connectivity index (χ2v) is 4.38. The third kappa shape index (κ3) is 4.43. The first-order valence-corrected chi connectivity index (χ1v) is 6.32. The Hall–Kier alpha value is -0.960. The lowest BCUT2D eigenvalue weighted by Gasteiger charge is -2.17. The Morgan fingerprint density at radius 2 is 2.00 bits per heavy atom. The number of benzene rings is 1. The van der Waals surface area contributed by atoms with E-state index in [4.69, 9.17) is 0 Å². The van der Waals surface area contributed by atoms with E-state index in [0.717, 1.165) is 32.0 Å². The molecule has 0 saturated heterocycles. The lowest BCUT2D eigenvalue weighted by molar-refractivity contribution is 0.428. The van der Waals surface area contributed by atoms with Crippen molar-refractivity contribution in [3.8, 4) is 0 Å². The quantitative estimate of drug-likeness (QED) is 0.770. The summed E-state index contributed by atoms with van der Waals surface area (Å²) in [4.78, 5) is 0. The van der Waals surface area contributed by atoms with Gasteiger partial charge in [-0.3, -0.25) is 0 Å². The van der Waals surface area contributed by atoms with Gasteiger partial charge in [0.2, 0.25) is 0 Å². The van der Waals surface area contributed by atoms with Gasteiger partial charge in [0.1, 0.15) is 0 Å². The van der Waals surface area contributed by atoms with Crippen molar-refractivity contribution >= 4 is 0 Å². The van der Waals surface area contributed by atoms with E-state index in [0.29, 0.717) is 17.9 Å². The number of hydrogen-bond acceptors (Lipinski definition) is 1. The van der Waals surface area contributed by atoms with Crippen molar-refractivity contribution < 1.29 is 8.78 Å². The molecule has 96 valence electrons. The van der Waals surface area contributed by atoms with Crippen LogP contribution < -0.4 is 5.32 Å². The molecule has 0 heterocycles. The molecule has 0 saturated carbocycles. The van der Waals surface area contributed by atoms with Crippen LogP contribution in [0, 0.1) is 17.6 Å². The van der Waals surface area contributed by atoms with Gasteiger partial charge in [-0.05, 0) is 43.5 Å². The van der Waals surface area contributed by atoms with Crippen molar-refractivity contribution in [1.29, 1.82) is 0 Å². The van der Waals surface area contributed by atoms with Crippen LogP contribution in [0.25, 0.3) is 0 Å². The molecule has 0 aromatic heterocycles. The molecule has 3 heteroatoms. The van der Waals surface area contributed by atoms with Crippen LogP contribution in [0.1, 0.15) is 32.3 Å². The van der Waals surface area contributed by atoms with Crippen LogP contribution in [-0.4, -0.2) is 13.1 Å². The fraction of sp³-hybridized carbons (Fsp3) is 0.571. The van der Waals surface area contributed by atoms with Crippen molar-refractivity contribution in [2.45, 2.75) is 33.1 Å². The first-order valence-electron chi connectivity index (χ1n) is 6.32. The Kier molecular flexibility index (Phi) is 6.12. The van der Waals surface area contributed by atoms with Crippen LogP contribution in [0.2, 0.25) is 0 Å². The molecule has 1 nitrogen and oxygen atoms in total. The topological polar surface area (TPSA) is 12.0 Å². The van der Waals surface area contributed by atoms with Crippen LogP contribution in [-0.2, 0) is 6.42 Å². The molecule has 1 atom stereocenters. The average Bonchev–Trinajstić information content (AvgIpc) is 2.32. The van der Waals surface area contributed by atoms with E-state index in [2.05, 4.69) is 12.2 Å². The van der Waals surface area contributed by atoms with Gasteiger partial charge in [-0.15, -0.1) is 0 Å². The predicted octanol–water partition coefficient (Wildman–Crippen LogP) is 3.53. The van der Waals surface area contributed by atoms with Crippen LogP contribution in [0.5, 0.6) is 0 Å². The zero-order chi connectivity index (χ0) is 12.7. The van der Waals surface area contributed by atoms with Crippen LogP contribution in [0.3, 0.4) is 0 Å². The molecule has 0 aliphatic heterocycles. The molecule has 1 rings (SSSR count). The van der Waals surface area contributed by atoms with E-state index >= 15 is 0 Å². The van der Waals surface area contributed by atoms with Gasteiger partial charge in [-0.25, -0.2) is 8.78 Å². The molecule has 0 amide bonds. The van der Waals surface area contributed by atoms with Crippen molar-refractivity contribution in [2.24, 2.45) is 5.92 Å². The zero-order valence-corrected chi connectivity index (χ0v) is 10.6. The molecular weight excluding hydrogens is 220 g/mol. The molecule has 0 bridgehead atoms. The molecule has 0 aliphatic carbocycles. The van der Waals surface area contributed by atoms with Crippen LogP contribution in [0.15, 0.2) is 18.2 Å². The van der Waals surface area contributed by atoms with E-state index in [9.17, 15) is 8.78 Å². The Balaban J connectivity index is 2.67. The normalized spacial score (nSPS) is 12.7. The fourth-order valence-corrected chi connectivity index (χ4v) is 2.05. The van der Waals surface area contributed by atoms with Gasteiger partial charge in [0.05, 0.1) is 0 Å². The molecule has 1 unspecified atom stereocenters. The van der Waals surface area contributed by atoms with Gasteiger partial charge in [-0.2, -0.15) is 0 Å². The third-order valence-electron chi connectivity index (χ3n) is 2.92. The Morgan fingerprint density at radius 3 is 2.65 bits per heavy atom. The van der Waals surface area contributed by atoms with Gasteiger partial charge in [-0.1, -0.05) is 32.4 Å². The van der Waals surface area contributed by atoms with Gasteiger partial charge >= 0.3 is 0 Å². The maximum atomic E-state index is 13.5. The lowest BCUT2D eigenvalue weighted by atomic mass is 9.94. The summed E-state index contributed by atoms with van der Waals surface area (Å²) in [6.07, 6.45) is 2.69. The molecule has 1 N–H and O–H groups in total. The molecule has 0 spiro atoms. The third-order valence-corrected chi connectivity index (χ3v) is 2.92. The highest BCUT2D eigenvalue weighted by Gasteiger charge is 2.13. The average molecular weight is 241 g/mol. The number of hydrogen-bond donors (Lipinski definition) is 1. The van der Waals surface area contributed by atoms with E-state index in [-0.39, 0.29) is 0 Å². The summed E-state index contributed by atoms with van der Waals surface area (Å²) in [5.41, 5.74) is 0.487. The highest BCUT2D eigenvalue weighted by Crippen LogP contribution is 2.18. The van der Waals surface area contributed by atoms with Crippen molar-refractivity contribution in [2.75, 3.05) is 13.1 Å². The second-order valence-electron chi connectivity index (χ2n) is 4.38. The zero-order valence-electron chi connectivity index (χ0n) is 10.6. The molecular formula is C14H21F2N. The number of rotatable bonds is 7. The maximum absolute atomic E-state index is 13.5. The molecule has 1 aromatic rings. The van der Waals surface area contributed by atoms with Crippen molar-refractivity contribution in [1.82, 2.24) is 5.32 Å². The minimum absolute atomic E-state index is 0.372. The van der Waals surface area contributed by atoms with Gasteiger partial charge in [0, 0.05) is 0 Å². The summed E-state index contributed by atoms with van der Waals surface area (Å²) in [7, 11) is 0. The minimum Gasteiger partial charge on any atom is -0.317 e. The molecule has 0 radical (unpaired) electrons. The van der Waals surface area contributed by atoms with Gasteiger partial charge in [0.25, 0.3) is 0 Å². The monoisotopic (exact) mass is 241 g/mol. The largest absolute Gasteiger partial charge is 0.317 e. The van der Waals surface area contributed by atoms with Crippen molar-refractivity contribution in [3.05, 3.63) is 35.4 Å². The molecule has 0 aliphatic rings. The molecule has 0 fully saturated rings. The SMILES string of the molecule is CCCC(CNCC)Cc1cccc(F)c1F. The summed E-state index contributed by atoms with van der Waals surface area (Å²) in [5.74, 6) is -1.07. The second kappa shape index (κ2) is 7.38. The molecule has 1 aromatic carbocycles. The highest BCUT2D eigenvalue weighted by atomic mass is 19.2. The standard InChI is InChI=1S/C14H21F2N/c1-3-6-11(10-17-4-2)9-12-7-5-8-13(15)14(12)16/h5,7-8,11,17H,3-4,6,9-10H2,1-2H3. The van der Waals surface area contributed by atoms with Gasteiger partial charge < -0.3 is 5.32 Å². The highest BCUT2D eigenvalue weighted by molar-refractivity contribution is 5.19. The summed E-state index contributed by atoms with van der Waals surface area (Å²) in [5, 5.41) is 3.27. The summed E-state index contributed by atoms with van der Waals surface area (Å²) >= 11 is 0. The summed E-state index contributed by atoms with van der Waals surface area (Å²) in [6, 6.07) is 4.41. The Bertz CT molecular complexity index is 339. The first-order chi connectivity index (χ1) is 8.19. The Morgan fingerprint density at radius 1 is 1.24 bits per heavy atom. The summed E-state index contributed by atoms with van der Waals surface area (Å²) in [6.45, 7) is 5.93. The predicted molar refractivity (Wildman–Crippen MR) is 67.0 cm³/mol. The smallest absolute Gasteiger partial charge is 0.162 e.